The van der Waals surface area contributed by atoms with E-state index in [-0.39, 0.29) is 29.6 Å². The van der Waals surface area contributed by atoms with Gasteiger partial charge in [-0.2, -0.15) is 26.3 Å². The van der Waals surface area contributed by atoms with Crippen LogP contribution in [0.2, 0.25) is 0 Å². The average molecular weight is 554 g/mol. The zero-order valence-electron chi connectivity index (χ0n) is 22.5. The number of likely N-dealkylation sites (tertiary alicyclic amines) is 1. The van der Waals surface area contributed by atoms with Gasteiger partial charge in [-0.15, -0.1) is 0 Å². The molecule has 1 heterocycles. The molecule has 1 aliphatic heterocycles. The molecule has 0 aromatic heterocycles. The van der Waals surface area contributed by atoms with E-state index in [1.807, 2.05) is 6.08 Å². The number of benzene rings is 2. The highest BCUT2D eigenvalue weighted by Gasteiger charge is 2.44. The van der Waals surface area contributed by atoms with Crippen LogP contribution < -0.4 is 0 Å². The Kier molecular flexibility index (Phi) is 8.86. The van der Waals surface area contributed by atoms with Gasteiger partial charge in [0.05, 0.1) is 24.3 Å². The van der Waals surface area contributed by atoms with Crippen molar-refractivity contribution in [3.05, 3.63) is 76.9 Å². The Morgan fingerprint density at radius 1 is 0.949 bits per heavy atom. The number of halogens is 6. The maximum atomic E-state index is 13.2. The molecule has 2 nitrogen and oxygen atoms in total. The van der Waals surface area contributed by atoms with Crippen LogP contribution in [0.15, 0.2) is 49.0 Å². The molecule has 1 aliphatic carbocycles. The van der Waals surface area contributed by atoms with Crippen molar-refractivity contribution in [2.45, 2.75) is 76.9 Å². The molecule has 2 atom stereocenters. The lowest BCUT2D eigenvalue weighted by Crippen LogP contribution is -2.41. The van der Waals surface area contributed by atoms with E-state index in [0.29, 0.717) is 18.6 Å². The summed E-state index contributed by atoms with van der Waals surface area (Å²) in [5, 5.41) is 0. The number of piperidine rings is 1. The fraction of sp³-hybridized carbons (Fsp3) is 0.548. The van der Waals surface area contributed by atoms with Crippen LogP contribution in [0.5, 0.6) is 0 Å². The molecule has 2 aromatic carbocycles. The third-order valence-electron chi connectivity index (χ3n) is 8.84. The maximum absolute atomic E-state index is 13.2. The molecule has 2 unspecified atom stereocenters. The van der Waals surface area contributed by atoms with Crippen molar-refractivity contribution >= 4 is 6.08 Å². The van der Waals surface area contributed by atoms with Crippen molar-refractivity contribution in [1.82, 2.24) is 4.90 Å². The molecule has 0 N–H and O–H groups in total. The molecular weight excluding hydrogens is 516 g/mol. The molecule has 8 heteroatoms. The second kappa shape index (κ2) is 11.7. The summed E-state index contributed by atoms with van der Waals surface area (Å²) in [6, 6.07) is 10.7. The lowest BCUT2D eigenvalue weighted by Gasteiger charge is -2.38. The zero-order valence-corrected chi connectivity index (χ0v) is 22.5. The van der Waals surface area contributed by atoms with E-state index in [0.717, 1.165) is 62.9 Å². The molecule has 4 rings (SSSR count). The molecule has 2 aromatic rings. The van der Waals surface area contributed by atoms with E-state index < -0.39 is 23.5 Å². The van der Waals surface area contributed by atoms with E-state index in [4.69, 9.17) is 4.74 Å². The van der Waals surface area contributed by atoms with E-state index >= 15 is 0 Å². The van der Waals surface area contributed by atoms with Crippen LogP contribution in [0, 0.1) is 11.3 Å². The maximum Gasteiger partial charge on any atom is 0.416 e. The van der Waals surface area contributed by atoms with Crippen LogP contribution >= 0.6 is 0 Å². The molecule has 0 radical (unpaired) electrons. The number of hydrogen-bond donors (Lipinski definition) is 0. The van der Waals surface area contributed by atoms with Gasteiger partial charge < -0.3 is 9.64 Å². The van der Waals surface area contributed by atoms with Gasteiger partial charge in [-0.05, 0) is 97.3 Å². The van der Waals surface area contributed by atoms with Crippen LogP contribution in [0.1, 0.15) is 79.7 Å². The van der Waals surface area contributed by atoms with E-state index in [2.05, 4.69) is 49.6 Å². The molecule has 1 saturated carbocycles. The third-order valence-corrected chi connectivity index (χ3v) is 8.84. The van der Waals surface area contributed by atoms with Crippen LogP contribution in [0.3, 0.4) is 0 Å². The number of ether oxygens (including phenoxy) is 1. The first kappa shape index (κ1) is 29.7. The monoisotopic (exact) mass is 553 g/mol. The first-order chi connectivity index (χ1) is 18.3. The van der Waals surface area contributed by atoms with Crippen molar-refractivity contribution in [2.24, 2.45) is 11.3 Å². The molecule has 39 heavy (non-hydrogen) atoms. The predicted molar refractivity (Wildman–Crippen MR) is 141 cm³/mol. The van der Waals surface area contributed by atoms with Crippen molar-refractivity contribution in [3.8, 4) is 0 Å². The number of hydrogen-bond acceptors (Lipinski definition) is 2. The summed E-state index contributed by atoms with van der Waals surface area (Å²) in [6.07, 6.45) is -2.85. The summed E-state index contributed by atoms with van der Waals surface area (Å²) in [5.74, 6) is 0.810. The van der Waals surface area contributed by atoms with Gasteiger partial charge in [0.25, 0.3) is 0 Å². The van der Waals surface area contributed by atoms with Gasteiger partial charge in [0.15, 0.2) is 0 Å². The Hall–Kier alpha value is -2.32. The highest BCUT2D eigenvalue weighted by atomic mass is 19.4. The summed E-state index contributed by atoms with van der Waals surface area (Å²) < 4.78 is 85.2. The Morgan fingerprint density at radius 3 is 2.05 bits per heavy atom. The minimum atomic E-state index is -4.86. The second-order valence-electron chi connectivity index (χ2n) is 11.5. The number of rotatable bonds is 8. The van der Waals surface area contributed by atoms with Gasteiger partial charge in [0.1, 0.15) is 0 Å². The minimum absolute atomic E-state index is 0.117. The van der Waals surface area contributed by atoms with Crippen LogP contribution in [0.4, 0.5) is 26.3 Å². The van der Waals surface area contributed by atoms with E-state index in [1.165, 1.54) is 5.56 Å². The number of nitrogens with zero attached hydrogens (tertiary/aromatic N) is 1. The first-order valence-electron chi connectivity index (χ1n) is 13.6. The Bertz CT molecular complexity index is 1080. The summed E-state index contributed by atoms with van der Waals surface area (Å²) in [6.45, 7) is 10.1. The molecule has 214 valence electrons. The second-order valence-corrected chi connectivity index (χ2v) is 11.5. The molecule has 0 bridgehead atoms. The van der Waals surface area contributed by atoms with Crippen molar-refractivity contribution < 1.29 is 31.1 Å². The highest BCUT2D eigenvalue weighted by molar-refractivity contribution is 5.47. The molecule has 0 amide bonds. The van der Waals surface area contributed by atoms with Gasteiger partial charge in [-0.3, -0.25) is 0 Å². The molecular formula is C31H37F6NO. The molecule has 2 fully saturated rings. The van der Waals surface area contributed by atoms with E-state index in [1.54, 1.807) is 0 Å². The topological polar surface area (TPSA) is 12.5 Å². The summed E-state index contributed by atoms with van der Waals surface area (Å²) in [7, 11) is 0. The van der Waals surface area contributed by atoms with Crippen LogP contribution in [-0.2, 0) is 23.7 Å². The summed E-state index contributed by atoms with van der Waals surface area (Å²) in [5.41, 5.74) is -0.417. The van der Waals surface area contributed by atoms with Crippen LogP contribution in [-0.4, -0.2) is 30.6 Å². The van der Waals surface area contributed by atoms with Gasteiger partial charge in [-0.25, -0.2) is 0 Å². The Morgan fingerprint density at radius 2 is 1.54 bits per heavy atom. The van der Waals surface area contributed by atoms with Gasteiger partial charge in [0.2, 0.25) is 0 Å². The third kappa shape index (κ3) is 7.07. The molecule has 2 aliphatic rings. The lowest BCUT2D eigenvalue weighted by molar-refractivity contribution is -0.143. The van der Waals surface area contributed by atoms with Crippen molar-refractivity contribution in [3.63, 3.8) is 0 Å². The Labute approximate surface area is 227 Å². The Balaban J connectivity index is 1.36. The quantitative estimate of drug-likeness (QED) is 0.303. The van der Waals surface area contributed by atoms with Gasteiger partial charge >= 0.3 is 12.4 Å². The van der Waals surface area contributed by atoms with Gasteiger partial charge in [-0.1, -0.05) is 50.8 Å². The largest absolute Gasteiger partial charge is 0.416 e. The van der Waals surface area contributed by atoms with Gasteiger partial charge in [0, 0.05) is 6.04 Å². The average Bonchev–Trinajstić information content (AvgIpc) is 3.33. The molecule has 1 saturated heterocycles. The minimum Gasteiger partial charge on any atom is -0.376 e. The summed E-state index contributed by atoms with van der Waals surface area (Å²) in [4.78, 5) is 2.56. The lowest BCUT2D eigenvalue weighted by atomic mass is 9.76. The highest BCUT2D eigenvalue weighted by Crippen LogP contribution is 2.47. The SMILES string of the molecule is C=Cc1ccc(C2CCN(C3CCC(COCc4cc(C(F)(F)F)cc(C(F)(F)F)c4)(C(C)C)C3)CC2)cc1. The van der Waals surface area contributed by atoms with Crippen LogP contribution in [0.25, 0.3) is 6.08 Å². The number of alkyl halides is 6. The first-order valence-corrected chi connectivity index (χ1v) is 13.6. The normalized spacial score (nSPS) is 23.5. The molecule has 0 spiro atoms. The fourth-order valence-corrected chi connectivity index (χ4v) is 6.24. The standard InChI is InChI=1S/C31H37F6NO/c1-4-22-5-7-24(8-6-22)25-10-13-38(14-11-25)28-9-12-29(18-28,21(2)3)20-39-19-23-15-26(30(32,33)34)17-27(16-23)31(35,36)37/h4-8,15-17,21,25,28H,1,9-14,18-20H2,2-3H3. The predicted octanol–water partition coefficient (Wildman–Crippen LogP) is 8.96. The summed E-state index contributed by atoms with van der Waals surface area (Å²) >= 11 is 0. The van der Waals surface area contributed by atoms with E-state index in [9.17, 15) is 26.3 Å². The van der Waals surface area contributed by atoms with Crippen molar-refractivity contribution in [2.75, 3.05) is 19.7 Å². The van der Waals surface area contributed by atoms with Crippen molar-refractivity contribution in [1.29, 1.82) is 0 Å². The fourth-order valence-electron chi connectivity index (χ4n) is 6.24. The smallest absolute Gasteiger partial charge is 0.376 e. The zero-order chi connectivity index (χ0) is 28.4.